The van der Waals surface area contributed by atoms with Gasteiger partial charge in [-0.2, -0.15) is 0 Å². The summed E-state index contributed by atoms with van der Waals surface area (Å²) in [6.07, 6.45) is 0. The first-order valence-corrected chi connectivity index (χ1v) is 7.32. The van der Waals surface area contributed by atoms with E-state index in [0.29, 0.717) is 17.8 Å². The number of nitrogens with zero attached hydrogens (tertiary/aromatic N) is 1. The molecule has 1 rings (SSSR count). The van der Waals surface area contributed by atoms with E-state index in [9.17, 15) is 0 Å². The molecule has 17 heavy (non-hydrogen) atoms. The molecule has 1 aromatic rings. The molecule has 2 nitrogen and oxygen atoms in total. The lowest BCUT2D eigenvalue weighted by Gasteiger charge is -2.24. The van der Waals surface area contributed by atoms with E-state index in [1.807, 2.05) is 7.05 Å². The fraction of sp³-hybridized carbons (Fsp3) is 0.786. The zero-order valence-electron chi connectivity index (χ0n) is 12.2. The summed E-state index contributed by atoms with van der Waals surface area (Å²) in [4.78, 5) is 4.85. The summed E-state index contributed by atoms with van der Waals surface area (Å²) in [5, 5.41) is 6.80. The number of hydrogen-bond donors (Lipinski definition) is 1. The van der Waals surface area contributed by atoms with Gasteiger partial charge in [0, 0.05) is 11.3 Å². The highest BCUT2D eigenvalue weighted by Gasteiger charge is 2.26. The van der Waals surface area contributed by atoms with Crippen molar-refractivity contribution in [3.8, 4) is 0 Å². The fourth-order valence-corrected chi connectivity index (χ4v) is 3.63. The van der Waals surface area contributed by atoms with Crippen LogP contribution in [0.2, 0.25) is 0 Å². The van der Waals surface area contributed by atoms with Gasteiger partial charge in [0.2, 0.25) is 0 Å². The maximum Gasteiger partial charge on any atom is 0.0965 e. The Kier molecular flexibility index (Phi) is 4.73. The average molecular weight is 254 g/mol. The van der Waals surface area contributed by atoms with Crippen LogP contribution in [-0.4, -0.2) is 12.0 Å². The van der Waals surface area contributed by atoms with E-state index in [1.165, 1.54) is 5.01 Å². The van der Waals surface area contributed by atoms with Crippen LogP contribution in [0, 0.1) is 11.8 Å². The van der Waals surface area contributed by atoms with Crippen molar-refractivity contribution in [1.82, 2.24) is 10.3 Å². The Hall–Kier alpha value is -0.410. The van der Waals surface area contributed by atoms with Crippen molar-refractivity contribution in [2.75, 3.05) is 7.05 Å². The minimum absolute atomic E-state index is 0.0345. The summed E-state index contributed by atoms with van der Waals surface area (Å²) >= 11 is 1.81. The van der Waals surface area contributed by atoms with E-state index in [4.69, 9.17) is 4.98 Å². The standard InChI is InChI=1S/C14H26N2S/c1-9(2)12(10(3)4)13-16-11(8-17-13)14(5,6)15-7/h8-10,12,15H,1-7H3. The molecule has 0 saturated heterocycles. The van der Waals surface area contributed by atoms with Gasteiger partial charge in [0.15, 0.2) is 0 Å². The van der Waals surface area contributed by atoms with E-state index in [-0.39, 0.29) is 5.54 Å². The quantitative estimate of drug-likeness (QED) is 0.859. The van der Waals surface area contributed by atoms with E-state index >= 15 is 0 Å². The lowest BCUT2D eigenvalue weighted by atomic mass is 9.86. The summed E-state index contributed by atoms with van der Waals surface area (Å²) < 4.78 is 0. The molecule has 0 saturated carbocycles. The summed E-state index contributed by atoms with van der Waals surface area (Å²) in [5.41, 5.74) is 1.12. The van der Waals surface area contributed by atoms with Gasteiger partial charge in [0.05, 0.1) is 16.2 Å². The summed E-state index contributed by atoms with van der Waals surface area (Å²) in [7, 11) is 1.99. The smallest absolute Gasteiger partial charge is 0.0965 e. The number of thiazole rings is 1. The lowest BCUT2D eigenvalue weighted by molar-refractivity contribution is 0.381. The third kappa shape index (κ3) is 3.29. The minimum Gasteiger partial charge on any atom is -0.310 e. The Morgan fingerprint density at radius 1 is 1.18 bits per heavy atom. The van der Waals surface area contributed by atoms with Gasteiger partial charge in [-0.3, -0.25) is 0 Å². The van der Waals surface area contributed by atoms with Crippen LogP contribution >= 0.6 is 11.3 Å². The molecule has 1 aromatic heterocycles. The number of nitrogens with one attached hydrogen (secondary N) is 1. The van der Waals surface area contributed by atoms with Crippen LogP contribution < -0.4 is 5.32 Å². The minimum atomic E-state index is -0.0345. The van der Waals surface area contributed by atoms with Crippen LogP contribution in [0.25, 0.3) is 0 Å². The summed E-state index contributed by atoms with van der Waals surface area (Å²) in [6.45, 7) is 13.5. The maximum atomic E-state index is 4.85. The van der Waals surface area contributed by atoms with Gasteiger partial charge in [0.1, 0.15) is 0 Å². The predicted octanol–water partition coefficient (Wildman–Crippen LogP) is 3.99. The number of aromatic nitrogens is 1. The van der Waals surface area contributed by atoms with Crippen LogP contribution in [0.5, 0.6) is 0 Å². The Morgan fingerprint density at radius 2 is 1.71 bits per heavy atom. The van der Waals surface area contributed by atoms with Crippen LogP contribution in [-0.2, 0) is 5.54 Å². The second-order valence-electron chi connectivity index (χ2n) is 5.96. The zero-order chi connectivity index (χ0) is 13.2. The Bertz CT molecular complexity index is 345. The normalized spacial score (nSPS) is 13.1. The van der Waals surface area contributed by atoms with E-state index in [0.717, 1.165) is 5.69 Å². The van der Waals surface area contributed by atoms with Gasteiger partial charge in [0.25, 0.3) is 0 Å². The molecule has 0 atom stereocenters. The molecule has 3 heteroatoms. The van der Waals surface area contributed by atoms with Crippen molar-refractivity contribution < 1.29 is 0 Å². The molecule has 0 aliphatic carbocycles. The first kappa shape index (κ1) is 14.7. The van der Waals surface area contributed by atoms with Crippen molar-refractivity contribution in [3.63, 3.8) is 0 Å². The predicted molar refractivity (Wildman–Crippen MR) is 76.6 cm³/mol. The number of rotatable bonds is 5. The molecule has 0 fully saturated rings. The van der Waals surface area contributed by atoms with E-state index in [1.54, 1.807) is 11.3 Å². The molecular weight excluding hydrogens is 228 g/mol. The topological polar surface area (TPSA) is 24.9 Å². The third-order valence-corrected chi connectivity index (χ3v) is 4.45. The van der Waals surface area contributed by atoms with Gasteiger partial charge in [-0.05, 0) is 32.7 Å². The highest BCUT2D eigenvalue weighted by atomic mass is 32.1. The molecule has 98 valence electrons. The van der Waals surface area contributed by atoms with Crippen molar-refractivity contribution in [2.45, 2.75) is 53.0 Å². The van der Waals surface area contributed by atoms with Gasteiger partial charge >= 0.3 is 0 Å². The van der Waals surface area contributed by atoms with Gasteiger partial charge in [-0.25, -0.2) is 4.98 Å². The first-order valence-electron chi connectivity index (χ1n) is 6.44. The third-order valence-electron chi connectivity index (χ3n) is 3.51. The zero-order valence-corrected chi connectivity index (χ0v) is 13.0. The van der Waals surface area contributed by atoms with E-state index < -0.39 is 0 Å². The molecular formula is C14H26N2S. The molecule has 0 bridgehead atoms. The van der Waals surface area contributed by atoms with Crippen LogP contribution in [0.15, 0.2) is 5.38 Å². The molecule has 0 aliphatic rings. The molecule has 0 amide bonds. The Morgan fingerprint density at radius 3 is 2.12 bits per heavy atom. The fourth-order valence-electron chi connectivity index (χ4n) is 2.20. The molecule has 1 heterocycles. The highest BCUT2D eigenvalue weighted by Crippen LogP contribution is 2.35. The molecule has 0 aliphatic heterocycles. The average Bonchev–Trinajstić information content (AvgIpc) is 2.66. The monoisotopic (exact) mass is 254 g/mol. The van der Waals surface area contributed by atoms with Gasteiger partial charge in [-0.15, -0.1) is 11.3 Å². The lowest BCUT2D eigenvalue weighted by Crippen LogP contribution is -2.33. The molecule has 0 radical (unpaired) electrons. The Balaban J connectivity index is 3.01. The van der Waals surface area contributed by atoms with E-state index in [2.05, 4.69) is 52.2 Å². The van der Waals surface area contributed by atoms with Crippen LogP contribution in [0.3, 0.4) is 0 Å². The number of hydrogen-bond acceptors (Lipinski definition) is 3. The molecule has 0 unspecified atom stereocenters. The van der Waals surface area contributed by atoms with Crippen molar-refractivity contribution in [3.05, 3.63) is 16.1 Å². The molecule has 0 aromatic carbocycles. The van der Waals surface area contributed by atoms with Crippen molar-refractivity contribution >= 4 is 11.3 Å². The van der Waals surface area contributed by atoms with Crippen LogP contribution in [0.4, 0.5) is 0 Å². The van der Waals surface area contributed by atoms with Gasteiger partial charge in [-0.1, -0.05) is 27.7 Å². The van der Waals surface area contributed by atoms with Crippen LogP contribution in [0.1, 0.15) is 58.2 Å². The summed E-state index contributed by atoms with van der Waals surface area (Å²) in [5.74, 6) is 1.86. The Labute approximate surface area is 110 Å². The molecule has 0 spiro atoms. The highest BCUT2D eigenvalue weighted by molar-refractivity contribution is 7.09. The molecule has 1 N–H and O–H groups in total. The first-order chi connectivity index (χ1) is 7.79. The van der Waals surface area contributed by atoms with Crippen molar-refractivity contribution in [2.24, 2.45) is 11.8 Å². The largest absolute Gasteiger partial charge is 0.310 e. The second kappa shape index (κ2) is 5.49. The second-order valence-corrected chi connectivity index (χ2v) is 6.85. The van der Waals surface area contributed by atoms with Crippen molar-refractivity contribution in [1.29, 1.82) is 0 Å². The SMILES string of the molecule is CNC(C)(C)c1csc(C(C(C)C)C(C)C)n1. The van der Waals surface area contributed by atoms with Gasteiger partial charge < -0.3 is 5.32 Å². The summed E-state index contributed by atoms with van der Waals surface area (Å²) in [6, 6.07) is 0. The maximum absolute atomic E-state index is 4.85.